The maximum absolute atomic E-state index is 13.1. The Morgan fingerprint density at radius 2 is 1.90 bits per heavy atom. The van der Waals surface area contributed by atoms with Crippen molar-refractivity contribution in [1.82, 2.24) is 25.1 Å². The Labute approximate surface area is 180 Å². The fourth-order valence-electron chi connectivity index (χ4n) is 4.04. The van der Waals surface area contributed by atoms with Crippen molar-refractivity contribution in [3.05, 3.63) is 65.2 Å². The summed E-state index contributed by atoms with van der Waals surface area (Å²) in [5.41, 5.74) is 1.52. The van der Waals surface area contributed by atoms with Crippen LogP contribution in [0.4, 0.5) is 5.82 Å². The normalized spacial score (nSPS) is 15.1. The van der Waals surface area contributed by atoms with E-state index in [0.29, 0.717) is 29.7 Å². The Kier molecular flexibility index (Phi) is 5.99. The molecule has 0 spiro atoms. The van der Waals surface area contributed by atoms with Gasteiger partial charge in [-0.25, -0.2) is 14.6 Å². The highest BCUT2D eigenvalue weighted by Gasteiger charge is 2.42. The van der Waals surface area contributed by atoms with Gasteiger partial charge in [-0.2, -0.15) is 5.10 Å². The summed E-state index contributed by atoms with van der Waals surface area (Å²) in [4.78, 5) is 21.6. The molecule has 7 nitrogen and oxygen atoms in total. The van der Waals surface area contributed by atoms with Crippen LogP contribution in [0.5, 0.6) is 0 Å². The van der Waals surface area contributed by atoms with E-state index in [1.165, 1.54) is 6.33 Å². The van der Waals surface area contributed by atoms with Crippen LogP contribution in [0.3, 0.4) is 0 Å². The highest BCUT2D eigenvalue weighted by Crippen LogP contribution is 2.41. The maximum Gasteiger partial charge on any atom is 0.230 e. The molecule has 2 aromatic heterocycles. The molecule has 0 unspecified atom stereocenters. The predicted octanol–water partition coefficient (Wildman–Crippen LogP) is 3.66. The molecule has 1 aliphatic rings. The van der Waals surface area contributed by atoms with E-state index in [9.17, 15) is 4.79 Å². The molecule has 1 saturated carbocycles. The van der Waals surface area contributed by atoms with Crippen molar-refractivity contribution in [3.63, 3.8) is 0 Å². The van der Waals surface area contributed by atoms with Crippen LogP contribution in [0.1, 0.15) is 36.9 Å². The quantitative estimate of drug-likeness (QED) is 0.565. The standard InChI is InChI=1S/C22H25ClN6O/c1-16-8-13-29(28-16)20-14-19(26-15-27-20)24-11-12-25-21(30)22(9-2-3-10-22)17-4-6-18(23)7-5-17/h4-8,13-15H,2-3,9-12H2,1H3,(H,25,30)(H,24,26,27). The number of halogens is 1. The van der Waals surface area contributed by atoms with E-state index in [0.717, 1.165) is 36.9 Å². The third-order valence-corrected chi connectivity index (χ3v) is 5.87. The lowest BCUT2D eigenvalue weighted by Crippen LogP contribution is -2.44. The monoisotopic (exact) mass is 424 g/mol. The summed E-state index contributed by atoms with van der Waals surface area (Å²) in [5, 5.41) is 11.4. The molecule has 1 amide bonds. The van der Waals surface area contributed by atoms with Crippen LogP contribution in [-0.4, -0.2) is 38.7 Å². The first-order valence-corrected chi connectivity index (χ1v) is 10.6. The number of aromatic nitrogens is 4. The third-order valence-electron chi connectivity index (χ3n) is 5.62. The zero-order valence-corrected chi connectivity index (χ0v) is 17.7. The highest BCUT2D eigenvalue weighted by molar-refractivity contribution is 6.30. The molecule has 0 aliphatic heterocycles. The molecular weight excluding hydrogens is 400 g/mol. The first-order valence-electron chi connectivity index (χ1n) is 10.2. The summed E-state index contributed by atoms with van der Waals surface area (Å²) in [6.07, 6.45) is 7.22. The molecule has 1 aromatic carbocycles. The van der Waals surface area contributed by atoms with Crippen molar-refractivity contribution >= 4 is 23.3 Å². The molecule has 4 rings (SSSR count). The van der Waals surface area contributed by atoms with Gasteiger partial charge in [-0.15, -0.1) is 0 Å². The van der Waals surface area contributed by atoms with Crippen LogP contribution in [0, 0.1) is 6.92 Å². The SMILES string of the molecule is Cc1ccn(-c2cc(NCCNC(=O)C3(c4ccc(Cl)cc4)CCCC3)ncn2)n1. The largest absolute Gasteiger partial charge is 0.368 e. The van der Waals surface area contributed by atoms with Crippen LogP contribution in [0.2, 0.25) is 5.02 Å². The van der Waals surface area contributed by atoms with Gasteiger partial charge in [-0.3, -0.25) is 4.79 Å². The number of carbonyl (C=O) groups excluding carboxylic acids is 1. The van der Waals surface area contributed by atoms with Gasteiger partial charge in [0.2, 0.25) is 5.91 Å². The number of anilines is 1. The van der Waals surface area contributed by atoms with Crippen LogP contribution in [0.25, 0.3) is 5.82 Å². The third kappa shape index (κ3) is 4.31. The van der Waals surface area contributed by atoms with Crippen molar-refractivity contribution < 1.29 is 4.79 Å². The summed E-state index contributed by atoms with van der Waals surface area (Å²) in [7, 11) is 0. The highest BCUT2D eigenvalue weighted by atomic mass is 35.5. The smallest absolute Gasteiger partial charge is 0.230 e. The van der Waals surface area contributed by atoms with Crippen molar-refractivity contribution in [2.45, 2.75) is 38.0 Å². The Morgan fingerprint density at radius 3 is 2.60 bits per heavy atom. The summed E-state index contributed by atoms with van der Waals surface area (Å²) in [6.45, 7) is 3.01. The van der Waals surface area contributed by atoms with Crippen molar-refractivity contribution in [3.8, 4) is 5.82 Å². The van der Waals surface area contributed by atoms with Gasteiger partial charge in [0.1, 0.15) is 12.1 Å². The number of aryl methyl sites for hydroxylation is 1. The van der Waals surface area contributed by atoms with Gasteiger partial charge in [-0.05, 0) is 43.5 Å². The average molecular weight is 425 g/mol. The first kappa shape index (κ1) is 20.3. The molecule has 30 heavy (non-hydrogen) atoms. The zero-order valence-electron chi connectivity index (χ0n) is 16.9. The van der Waals surface area contributed by atoms with Gasteiger partial charge < -0.3 is 10.6 Å². The number of amides is 1. The second kappa shape index (κ2) is 8.83. The lowest BCUT2D eigenvalue weighted by Gasteiger charge is -2.28. The van der Waals surface area contributed by atoms with Crippen molar-refractivity contribution in [1.29, 1.82) is 0 Å². The molecule has 0 saturated heterocycles. The minimum Gasteiger partial charge on any atom is -0.368 e. The lowest BCUT2D eigenvalue weighted by atomic mass is 9.78. The topological polar surface area (TPSA) is 84.7 Å². The minimum absolute atomic E-state index is 0.0829. The van der Waals surface area contributed by atoms with Crippen LogP contribution in [-0.2, 0) is 10.2 Å². The molecule has 156 valence electrons. The molecule has 2 N–H and O–H groups in total. The Bertz CT molecular complexity index is 1010. The van der Waals surface area contributed by atoms with E-state index in [1.54, 1.807) is 4.68 Å². The zero-order chi connectivity index (χ0) is 21.0. The maximum atomic E-state index is 13.1. The van der Waals surface area contributed by atoms with E-state index in [-0.39, 0.29) is 5.91 Å². The van der Waals surface area contributed by atoms with Gasteiger partial charge in [0.05, 0.1) is 11.1 Å². The van der Waals surface area contributed by atoms with Gasteiger partial charge in [0.15, 0.2) is 5.82 Å². The number of rotatable bonds is 7. The Morgan fingerprint density at radius 1 is 1.13 bits per heavy atom. The average Bonchev–Trinajstić information content (AvgIpc) is 3.42. The predicted molar refractivity (Wildman–Crippen MR) is 117 cm³/mol. The van der Waals surface area contributed by atoms with E-state index in [4.69, 9.17) is 11.6 Å². The number of hydrogen-bond acceptors (Lipinski definition) is 5. The number of nitrogens with zero attached hydrogens (tertiary/aromatic N) is 4. The first-order chi connectivity index (χ1) is 14.6. The van der Waals surface area contributed by atoms with Crippen LogP contribution in [0.15, 0.2) is 48.9 Å². The molecule has 0 radical (unpaired) electrons. The molecule has 3 aromatic rings. The van der Waals surface area contributed by atoms with Crippen LogP contribution < -0.4 is 10.6 Å². The number of carbonyl (C=O) groups is 1. The summed E-state index contributed by atoms with van der Waals surface area (Å²) in [5.74, 6) is 1.47. The van der Waals surface area contributed by atoms with Crippen molar-refractivity contribution in [2.24, 2.45) is 0 Å². The van der Waals surface area contributed by atoms with Gasteiger partial charge in [0, 0.05) is 30.4 Å². The van der Waals surface area contributed by atoms with Crippen molar-refractivity contribution in [2.75, 3.05) is 18.4 Å². The van der Waals surface area contributed by atoms with E-state index in [2.05, 4.69) is 25.7 Å². The Hall–Kier alpha value is -2.93. The van der Waals surface area contributed by atoms with Crippen LogP contribution >= 0.6 is 11.6 Å². The minimum atomic E-state index is -0.454. The fraction of sp³-hybridized carbons (Fsp3) is 0.364. The second-order valence-corrected chi connectivity index (χ2v) is 8.08. The number of nitrogens with one attached hydrogen (secondary N) is 2. The van der Waals surface area contributed by atoms with E-state index < -0.39 is 5.41 Å². The summed E-state index contributed by atoms with van der Waals surface area (Å²) in [6, 6.07) is 11.4. The number of hydrogen-bond donors (Lipinski definition) is 2. The molecule has 1 fully saturated rings. The molecular formula is C22H25ClN6O. The number of benzene rings is 1. The van der Waals surface area contributed by atoms with E-state index >= 15 is 0 Å². The van der Waals surface area contributed by atoms with E-state index in [1.807, 2.05) is 49.5 Å². The molecule has 1 aliphatic carbocycles. The molecule has 0 atom stereocenters. The Balaban J connectivity index is 1.35. The molecule has 8 heteroatoms. The second-order valence-electron chi connectivity index (χ2n) is 7.64. The lowest BCUT2D eigenvalue weighted by molar-refractivity contribution is -0.126. The molecule has 2 heterocycles. The fourth-order valence-corrected chi connectivity index (χ4v) is 4.17. The summed E-state index contributed by atoms with van der Waals surface area (Å²) < 4.78 is 1.71. The van der Waals surface area contributed by atoms with Gasteiger partial charge in [0.25, 0.3) is 0 Å². The van der Waals surface area contributed by atoms with Gasteiger partial charge >= 0.3 is 0 Å². The molecule has 0 bridgehead atoms. The van der Waals surface area contributed by atoms with Gasteiger partial charge in [-0.1, -0.05) is 36.6 Å². The summed E-state index contributed by atoms with van der Waals surface area (Å²) >= 11 is 6.03.